The van der Waals surface area contributed by atoms with E-state index in [1.165, 1.54) is 92.6 Å². The highest BCUT2D eigenvalue weighted by Crippen LogP contribution is 2.44. The molecule has 7 heterocycles. The molecule has 394 valence electrons. The molecule has 0 saturated heterocycles. The van der Waals surface area contributed by atoms with Gasteiger partial charge in [-0.1, -0.05) is 164 Å². The number of pyridine rings is 1. The Labute approximate surface area is 482 Å². The molecule has 0 amide bonds. The lowest BCUT2D eigenvalue weighted by atomic mass is 10.1. The van der Waals surface area contributed by atoms with E-state index >= 15 is 0 Å². The van der Waals surface area contributed by atoms with Crippen molar-refractivity contribution in [2.75, 3.05) is 0 Å². The fourth-order valence-electron chi connectivity index (χ4n) is 14.5. The number of aromatic nitrogens is 7. The van der Waals surface area contributed by atoms with Crippen molar-refractivity contribution < 1.29 is 0 Å². The Hall–Kier alpha value is -11.2. The van der Waals surface area contributed by atoms with Gasteiger partial charge in [0.15, 0.2) is 0 Å². The molecule has 7 heteroatoms. The van der Waals surface area contributed by atoms with Gasteiger partial charge in [-0.25, -0.2) is 4.98 Å². The van der Waals surface area contributed by atoms with E-state index in [-0.39, 0.29) is 0 Å². The van der Waals surface area contributed by atoms with Gasteiger partial charge in [-0.05, 0) is 123 Å². The molecule has 0 unspecified atom stereocenters. The largest absolute Gasteiger partial charge is 0.313 e. The van der Waals surface area contributed by atoms with E-state index in [9.17, 15) is 0 Å². The van der Waals surface area contributed by atoms with Crippen molar-refractivity contribution in [3.05, 3.63) is 278 Å². The Bertz CT molecular complexity index is 5740. The summed E-state index contributed by atoms with van der Waals surface area (Å²) in [5.74, 6) is 1.75. The van der Waals surface area contributed by atoms with Crippen LogP contribution in [0, 0.1) is 6.92 Å². The second-order valence-corrected chi connectivity index (χ2v) is 22.3. The second kappa shape index (κ2) is 17.7. The van der Waals surface area contributed by atoms with Crippen molar-refractivity contribution in [1.82, 2.24) is 32.4 Å². The summed E-state index contributed by atoms with van der Waals surface area (Å²) >= 11 is 0. The number of fused-ring (bicyclic) bond motifs is 17. The van der Waals surface area contributed by atoms with Gasteiger partial charge in [-0.3, -0.25) is 9.13 Å². The smallest absolute Gasteiger partial charge is 0.140 e. The van der Waals surface area contributed by atoms with Crippen LogP contribution in [0.1, 0.15) is 18.2 Å². The average molecular weight is 1070 g/mol. The van der Waals surface area contributed by atoms with Crippen LogP contribution >= 0.6 is 0 Å². The molecule has 0 aliphatic carbocycles. The predicted molar refractivity (Wildman–Crippen MR) is 352 cm³/mol. The minimum Gasteiger partial charge on any atom is -0.313 e. The molecule has 0 aliphatic rings. The molecule has 18 rings (SSSR count). The Morgan fingerprint density at radius 1 is 0.274 bits per heavy atom. The molecular weight excluding hydrogens is 1020 g/mol. The van der Waals surface area contributed by atoms with Crippen molar-refractivity contribution >= 4 is 126 Å². The lowest BCUT2D eigenvalue weighted by molar-refractivity contribution is 1.01. The van der Waals surface area contributed by atoms with Crippen LogP contribution in [0.5, 0.6) is 0 Å². The summed E-state index contributed by atoms with van der Waals surface area (Å²) in [4.78, 5) is 5.52. The van der Waals surface area contributed by atoms with Crippen LogP contribution in [0.25, 0.3) is 160 Å². The maximum Gasteiger partial charge on any atom is 0.140 e. The van der Waals surface area contributed by atoms with Gasteiger partial charge < -0.3 is 18.3 Å². The first kappa shape index (κ1) is 46.6. The minimum absolute atomic E-state index is 0.869. The summed E-state index contributed by atoms with van der Waals surface area (Å²) < 4.78 is 14.5. The maximum absolute atomic E-state index is 5.52. The summed E-state index contributed by atoms with van der Waals surface area (Å²) in [6.45, 7) is 4.41. The molecule has 84 heavy (non-hydrogen) atoms. The first-order valence-electron chi connectivity index (χ1n) is 28.9. The zero-order chi connectivity index (χ0) is 55.3. The number of benzene rings is 11. The van der Waals surface area contributed by atoms with Gasteiger partial charge >= 0.3 is 0 Å². The van der Waals surface area contributed by atoms with Crippen LogP contribution in [0.3, 0.4) is 0 Å². The van der Waals surface area contributed by atoms with Crippen molar-refractivity contribution in [3.63, 3.8) is 0 Å². The third-order valence-electron chi connectivity index (χ3n) is 17.9. The van der Waals surface area contributed by atoms with Crippen LogP contribution in [0.2, 0.25) is 0 Å². The van der Waals surface area contributed by atoms with Crippen molar-refractivity contribution in [2.45, 2.75) is 13.8 Å². The maximum atomic E-state index is 5.52. The first-order chi connectivity index (χ1) is 41.6. The molecule has 0 bridgehead atoms. The van der Waals surface area contributed by atoms with Gasteiger partial charge in [0.2, 0.25) is 0 Å². The molecule has 11 aromatic carbocycles. The Kier molecular flexibility index (Phi) is 9.80. The SMILES string of the molecule is C/C=C\c1c(C)n(-c2cccc(-n3c4ccccc4c4cc5c(cc43)c3ccccc3n5-c3cccc(-n4c5ccccc5c5ccccc54)n3)c2)c2ccc3c4ccccc4n(-c4cccc(-n5c6ccccc6c6ccccc65)c4)c3c12. The molecule has 0 atom stereocenters. The second-order valence-electron chi connectivity index (χ2n) is 22.3. The molecular formula is C77H51N7. The topological polar surface area (TPSA) is 42.5 Å². The summed E-state index contributed by atoms with van der Waals surface area (Å²) in [7, 11) is 0. The molecule has 7 nitrogen and oxygen atoms in total. The molecule has 0 aliphatic heterocycles. The van der Waals surface area contributed by atoms with Crippen molar-refractivity contribution in [2.24, 2.45) is 0 Å². The van der Waals surface area contributed by atoms with Crippen molar-refractivity contribution in [3.8, 4) is 34.4 Å². The van der Waals surface area contributed by atoms with E-state index in [2.05, 4.69) is 314 Å². The van der Waals surface area contributed by atoms with E-state index in [0.29, 0.717) is 0 Å². The number of hydrogen-bond acceptors (Lipinski definition) is 1. The van der Waals surface area contributed by atoms with Gasteiger partial charge in [0.25, 0.3) is 0 Å². The standard InChI is InChI=1S/C77H51N7/c1-3-21-53-48(2)79(71-43-42-61-58-30-8-14-36-67(58)82(77(61)76(53)71)52-25-19-23-50(45-52)80-64-33-11-4-26-54(64)55-27-5-12-34-65(55)80)49-22-18-24-51(44-49)81-66-35-13-9-31-59(66)62-47-73-63(46-72(62)81)60-32-10-17-39-70(60)84(73)75-41-20-40-74(78-75)83-68-37-15-6-28-56(68)57-29-7-16-38-69(57)83/h3-47H,1-2H3/b21-3-. The summed E-state index contributed by atoms with van der Waals surface area (Å²) in [6, 6.07) is 95.5. The fourth-order valence-corrected chi connectivity index (χ4v) is 14.5. The molecule has 0 radical (unpaired) electrons. The minimum atomic E-state index is 0.869. The van der Waals surface area contributed by atoms with E-state index in [1.54, 1.807) is 0 Å². The fraction of sp³-hybridized carbons (Fsp3) is 0.0260. The van der Waals surface area contributed by atoms with Crippen LogP contribution < -0.4 is 0 Å². The van der Waals surface area contributed by atoms with Gasteiger partial charge in [0.1, 0.15) is 11.6 Å². The lowest BCUT2D eigenvalue weighted by Gasteiger charge is -2.14. The van der Waals surface area contributed by atoms with E-state index < -0.39 is 0 Å². The predicted octanol–water partition coefficient (Wildman–Crippen LogP) is 19.9. The number of nitrogens with zero attached hydrogens (tertiary/aromatic N) is 7. The monoisotopic (exact) mass is 1070 g/mol. The third kappa shape index (κ3) is 6.43. The Morgan fingerprint density at radius 3 is 1.08 bits per heavy atom. The summed E-state index contributed by atoms with van der Waals surface area (Å²) in [5.41, 5.74) is 19.5. The molecule has 0 saturated carbocycles. The number of hydrogen-bond donors (Lipinski definition) is 0. The van der Waals surface area contributed by atoms with Gasteiger partial charge in [0, 0.05) is 93.3 Å². The number of para-hydroxylation sites is 7. The quantitative estimate of drug-likeness (QED) is 0.157. The Morgan fingerprint density at radius 2 is 0.619 bits per heavy atom. The number of allylic oxidation sites excluding steroid dienone is 1. The highest BCUT2D eigenvalue weighted by atomic mass is 15.1. The summed E-state index contributed by atoms with van der Waals surface area (Å²) in [5, 5.41) is 13.3. The van der Waals surface area contributed by atoms with Crippen LogP contribution in [-0.2, 0) is 0 Å². The molecule has 7 aromatic heterocycles. The lowest BCUT2D eigenvalue weighted by Crippen LogP contribution is -2.03. The highest BCUT2D eigenvalue weighted by Gasteiger charge is 2.25. The van der Waals surface area contributed by atoms with Crippen LogP contribution in [0.4, 0.5) is 0 Å². The molecule has 18 aromatic rings. The van der Waals surface area contributed by atoms with Crippen LogP contribution in [0.15, 0.2) is 267 Å². The first-order valence-corrected chi connectivity index (χ1v) is 28.9. The molecule has 0 N–H and O–H groups in total. The normalized spacial score (nSPS) is 12.4. The Balaban J connectivity index is 0.826. The van der Waals surface area contributed by atoms with Gasteiger partial charge in [-0.15, -0.1) is 0 Å². The third-order valence-corrected chi connectivity index (χ3v) is 17.9. The van der Waals surface area contributed by atoms with E-state index in [1.807, 2.05) is 0 Å². The molecule has 0 spiro atoms. The van der Waals surface area contributed by atoms with E-state index in [0.717, 1.165) is 73.0 Å². The van der Waals surface area contributed by atoms with Gasteiger partial charge in [0.05, 0.1) is 60.7 Å². The number of rotatable bonds is 7. The van der Waals surface area contributed by atoms with E-state index in [4.69, 9.17) is 4.98 Å². The zero-order valence-corrected chi connectivity index (χ0v) is 46.1. The van der Waals surface area contributed by atoms with Gasteiger partial charge in [-0.2, -0.15) is 0 Å². The summed E-state index contributed by atoms with van der Waals surface area (Å²) in [6.07, 6.45) is 4.49. The highest BCUT2D eigenvalue weighted by molar-refractivity contribution is 6.22. The average Bonchev–Trinajstić information content (AvgIpc) is 1.84. The van der Waals surface area contributed by atoms with Crippen molar-refractivity contribution in [1.29, 1.82) is 0 Å². The zero-order valence-electron chi connectivity index (χ0n) is 46.1. The van der Waals surface area contributed by atoms with Crippen LogP contribution in [-0.4, -0.2) is 32.4 Å². The molecule has 0 fully saturated rings.